The topological polar surface area (TPSA) is 47.8 Å². The molecule has 3 heterocycles. The second-order valence-corrected chi connectivity index (χ2v) is 5.46. The zero-order chi connectivity index (χ0) is 17.6. The molecule has 0 spiro atoms. The van der Waals surface area contributed by atoms with Gasteiger partial charge in [0.15, 0.2) is 0 Å². The van der Waals surface area contributed by atoms with Crippen molar-refractivity contribution in [1.82, 2.24) is 14.5 Å². The first-order chi connectivity index (χ1) is 12.0. The maximum absolute atomic E-state index is 12.9. The van der Waals surface area contributed by atoms with Gasteiger partial charge in [-0.3, -0.25) is 14.3 Å². The van der Waals surface area contributed by atoms with E-state index in [-0.39, 0.29) is 11.0 Å². The Morgan fingerprint density at radius 2 is 1.68 bits per heavy atom. The average molecular weight is 341 g/mol. The van der Waals surface area contributed by atoms with Gasteiger partial charge in [-0.2, -0.15) is 13.2 Å². The number of para-hydroxylation sites is 1. The SMILES string of the molecule is O=C(c1cn(-c2ccnc3ccccc23)c2ncccc12)C(F)(F)F. The Morgan fingerprint density at radius 1 is 0.920 bits per heavy atom. The molecule has 0 bridgehead atoms. The monoisotopic (exact) mass is 341 g/mol. The van der Waals surface area contributed by atoms with Gasteiger partial charge in [0, 0.05) is 29.4 Å². The molecule has 0 radical (unpaired) electrons. The van der Waals surface area contributed by atoms with Gasteiger partial charge in [0.25, 0.3) is 5.78 Å². The van der Waals surface area contributed by atoms with E-state index in [0.717, 1.165) is 5.39 Å². The molecule has 1 aromatic carbocycles. The summed E-state index contributed by atoms with van der Waals surface area (Å²) in [6, 6.07) is 11.9. The van der Waals surface area contributed by atoms with Gasteiger partial charge in [-0.05, 0) is 24.3 Å². The zero-order valence-electron chi connectivity index (χ0n) is 12.7. The largest absolute Gasteiger partial charge is 0.454 e. The number of Topliss-reactive ketones (excluding diaryl/α,β-unsaturated/α-hetero) is 1. The molecule has 0 N–H and O–H groups in total. The number of benzene rings is 1. The summed E-state index contributed by atoms with van der Waals surface area (Å²) in [6.07, 6.45) is -0.716. The molecular weight excluding hydrogens is 331 g/mol. The lowest BCUT2D eigenvalue weighted by Gasteiger charge is -2.08. The smallest absolute Gasteiger partial charge is 0.300 e. The summed E-state index contributed by atoms with van der Waals surface area (Å²) in [7, 11) is 0. The van der Waals surface area contributed by atoms with Crippen molar-refractivity contribution in [2.75, 3.05) is 0 Å². The van der Waals surface area contributed by atoms with Crippen LogP contribution in [0.5, 0.6) is 0 Å². The fourth-order valence-corrected chi connectivity index (χ4v) is 2.87. The number of nitrogens with zero attached hydrogens (tertiary/aromatic N) is 3. The van der Waals surface area contributed by atoms with E-state index in [4.69, 9.17) is 0 Å². The number of alkyl halides is 3. The molecule has 4 rings (SSSR count). The number of carbonyl (C=O) groups is 1. The molecule has 0 aliphatic rings. The Kier molecular flexibility index (Phi) is 3.31. The molecule has 7 heteroatoms. The van der Waals surface area contributed by atoms with Crippen LogP contribution in [0, 0.1) is 0 Å². The highest BCUT2D eigenvalue weighted by atomic mass is 19.4. The van der Waals surface area contributed by atoms with Gasteiger partial charge in [0.2, 0.25) is 0 Å². The third-order valence-corrected chi connectivity index (χ3v) is 3.95. The third kappa shape index (κ3) is 2.44. The number of carbonyl (C=O) groups excluding carboxylic acids is 1. The van der Waals surface area contributed by atoms with E-state index in [0.29, 0.717) is 11.2 Å². The van der Waals surface area contributed by atoms with E-state index >= 15 is 0 Å². The maximum Gasteiger partial charge on any atom is 0.454 e. The molecular formula is C18H10F3N3O. The summed E-state index contributed by atoms with van der Waals surface area (Å²) in [5.41, 5.74) is 1.17. The predicted molar refractivity (Wildman–Crippen MR) is 86.8 cm³/mol. The van der Waals surface area contributed by atoms with Crippen LogP contribution in [-0.2, 0) is 0 Å². The Bertz CT molecular complexity index is 1110. The van der Waals surface area contributed by atoms with E-state index in [2.05, 4.69) is 9.97 Å². The summed E-state index contributed by atoms with van der Waals surface area (Å²) in [5, 5.41) is 0.907. The van der Waals surface area contributed by atoms with Gasteiger partial charge in [-0.15, -0.1) is 0 Å². The van der Waals surface area contributed by atoms with Crippen molar-refractivity contribution in [3.8, 4) is 5.69 Å². The van der Waals surface area contributed by atoms with Gasteiger partial charge >= 0.3 is 6.18 Å². The van der Waals surface area contributed by atoms with Gasteiger partial charge < -0.3 is 0 Å². The van der Waals surface area contributed by atoms with Crippen molar-refractivity contribution in [1.29, 1.82) is 0 Å². The van der Waals surface area contributed by atoms with Crippen molar-refractivity contribution in [2.45, 2.75) is 6.18 Å². The first-order valence-electron chi connectivity index (χ1n) is 7.38. The lowest BCUT2D eigenvalue weighted by Crippen LogP contribution is -2.22. The molecule has 0 fully saturated rings. The van der Waals surface area contributed by atoms with Crippen LogP contribution < -0.4 is 0 Å². The number of hydrogen-bond donors (Lipinski definition) is 0. The molecule has 124 valence electrons. The first-order valence-corrected chi connectivity index (χ1v) is 7.38. The number of fused-ring (bicyclic) bond motifs is 2. The van der Waals surface area contributed by atoms with Crippen LogP contribution in [0.15, 0.2) is 61.1 Å². The molecule has 0 unspecified atom stereocenters. The van der Waals surface area contributed by atoms with Crippen LogP contribution in [-0.4, -0.2) is 26.5 Å². The number of rotatable bonds is 2. The highest BCUT2D eigenvalue weighted by Crippen LogP contribution is 2.31. The van der Waals surface area contributed by atoms with Crippen LogP contribution in [0.1, 0.15) is 10.4 Å². The fourth-order valence-electron chi connectivity index (χ4n) is 2.87. The number of hydrogen-bond acceptors (Lipinski definition) is 3. The van der Waals surface area contributed by atoms with E-state index in [1.807, 2.05) is 18.2 Å². The van der Waals surface area contributed by atoms with Crippen LogP contribution in [0.2, 0.25) is 0 Å². The molecule has 0 aliphatic heterocycles. The van der Waals surface area contributed by atoms with Crippen molar-refractivity contribution >= 4 is 27.7 Å². The second-order valence-electron chi connectivity index (χ2n) is 5.46. The number of ketones is 1. The fraction of sp³-hybridized carbons (Fsp3) is 0.0556. The standard InChI is InChI=1S/C18H10F3N3O/c19-18(20,21)16(25)13-10-24(17-11(13)5-3-8-23-17)15-7-9-22-14-6-2-1-4-12(14)15/h1-10H. The molecule has 0 atom stereocenters. The predicted octanol–water partition coefficient (Wildman–Crippen LogP) is 4.32. The van der Waals surface area contributed by atoms with Gasteiger partial charge in [-0.1, -0.05) is 18.2 Å². The second kappa shape index (κ2) is 5.41. The van der Waals surface area contributed by atoms with Crippen LogP contribution >= 0.6 is 0 Å². The molecule has 3 aromatic heterocycles. The van der Waals surface area contributed by atoms with E-state index in [1.54, 1.807) is 18.3 Å². The Hall–Kier alpha value is -3.22. The summed E-state index contributed by atoms with van der Waals surface area (Å²) >= 11 is 0. The van der Waals surface area contributed by atoms with Crippen molar-refractivity contribution in [3.63, 3.8) is 0 Å². The quantitative estimate of drug-likeness (QED) is 0.510. The Morgan fingerprint density at radius 3 is 2.48 bits per heavy atom. The molecule has 4 aromatic rings. The van der Waals surface area contributed by atoms with Gasteiger partial charge in [0.05, 0.1) is 16.8 Å². The molecule has 25 heavy (non-hydrogen) atoms. The highest BCUT2D eigenvalue weighted by Gasteiger charge is 2.41. The summed E-state index contributed by atoms with van der Waals surface area (Å²) in [4.78, 5) is 20.2. The van der Waals surface area contributed by atoms with Crippen LogP contribution in [0.4, 0.5) is 13.2 Å². The van der Waals surface area contributed by atoms with Gasteiger partial charge in [0.1, 0.15) is 5.65 Å². The summed E-state index contributed by atoms with van der Waals surface area (Å²) in [5.74, 6) is -1.89. The number of aromatic nitrogens is 3. The molecule has 0 saturated carbocycles. The minimum atomic E-state index is -4.95. The Labute approximate surface area is 139 Å². The van der Waals surface area contributed by atoms with E-state index < -0.39 is 17.5 Å². The summed E-state index contributed by atoms with van der Waals surface area (Å²) in [6.45, 7) is 0. The van der Waals surface area contributed by atoms with Crippen molar-refractivity contribution < 1.29 is 18.0 Å². The zero-order valence-corrected chi connectivity index (χ0v) is 12.7. The molecule has 0 aliphatic carbocycles. The van der Waals surface area contributed by atoms with Crippen LogP contribution in [0.25, 0.3) is 27.6 Å². The lowest BCUT2D eigenvalue weighted by atomic mass is 10.1. The van der Waals surface area contributed by atoms with Crippen LogP contribution in [0.3, 0.4) is 0 Å². The van der Waals surface area contributed by atoms with E-state index in [1.165, 1.54) is 29.1 Å². The average Bonchev–Trinajstić information content (AvgIpc) is 2.99. The lowest BCUT2D eigenvalue weighted by molar-refractivity contribution is -0.0884. The van der Waals surface area contributed by atoms with Gasteiger partial charge in [-0.25, -0.2) is 4.98 Å². The molecule has 0 saturated heterocycles. The first kappa shape index (κ1) is 15.3. The van der Waals surface area contributed by atoms with Crippen molar-refractivity contribution in [2.24, 2.45) is 0 Å². The number of pyridine rings is 2. The minimum Gasteiger partial charge on any atom is -0.300 e. The van der Waals surface area contributed by atoms with Crippen molar-refractivity contribution in [3.05, 3.63) is 66.6 Å². The maximum atomic E-state index is 12.9. The number of halogens is 3. The highest BCUT2D eigenvalue weighted by molar-refractivity contribution is 6.10. The minimum absolute atomic E-state index is 0.158. The molecule has 4 nitrogen and oxygen atoms in total. The molecule has 0 amide bonds. The van der Waals surface area contributed by atoms with E-state index in [9.17, 15) is 18.0 Å². The normalized spacial score (nSPS) is 12.0. The Balaban J connectivity index is 2.05. The summed E-state index contributed by atoms with van der Waals surface area (Å²) < 4.78 is 40.3. The third-order valence-electron chi connectivity index (χ3n) is 3.95.